The van der Waals surface area contributed by atoms with Crippen LogP contribution in [-0.2, 0) is 11.2 Å². The zero-order chi connectivity index (χ0) is 18.7. The first-order valence-corrected chi connectivity index (χ1v) is 8.67. The van der Waals surface area contributed by atoms with E-state index in [1.54, 1.807) is 18.5 Å². The number of carbonyl (C=O) groups excluding carboxylic acids is 1. The first-order valence-electron chi connectivity index (χ1n) is 8.67. The number of benzene rings is 1. The van der Waals surface area contributed by atoms with Gasteiger partial charge >= 0.3 is 5.97 Å². The maximum absolute atomic E-state index is 12.2. The van der Waals surface area contributed by atoms with Crippen LogP contribution in [0, 0.1) is 6.92 Å². The highest BCUT2D eigenvalue weighted by molar-refractivity contribution is 5.89. The highest BCUT2D eigenvalue weighted by Gasteiger charge is 2.22. The van der Waals surface area contributed by atoms with Crippen molar-refractivity contribution in [1.82, 2.24) is 19.8 Å². The Labute approximate surface area is 152 Å². The van der Waals surface area contributed by atoms with Crippen molar-refractivity contribution in [2.75, 3.05) is 13.7 Å². The van der Waals surface area contributed by atoms with E-state index in [-0.39, 0.29) is 5.69 Å². The maximum Gasteiger partial charge on any atom is 0.360 e. The van der Waals surface area contributed by atoms with E-state index >= 15 is 0 Å². The van der Waals surface area contributed by atoms with E-state index in [0.717, 1.165) is 34.7 Å². The lowest BCUT2D eigenvalue weighted by atomic mass is 10.1. The summed E-state index contributed by atoms with van der Waals surface area (Å²) in [5.74, 6) is 0.315. The third kappa shape index (κ3) is 3.12. The molecule has 3 aromatic rings. The fourth-order valence-electron chi connectivity index (χ4n) is 2.97. The monoisotopic (exact) mass is 354 g/mol. The Balaban J connectivity index is 2.19. The molecule has 136 valence electrons. The molecule has 0 radical (unpaired) electrons. The molecule has 7 heteroatoms. The van der Waals surface area contributed by atoms with Crippen molar-refractivity contribution in [2.45, 2.75) is 33.6 Å². The van der Waals surface area contributed by atoms with Crippen LogP contribution in [0.1, 0.15) is 42.1 Å². The Morgan fingerprint density at radius 1 is 1.15 bits per heavy atom. The van der Waals surface area contributed by atoms with Crippen LogP contribution in [0.3, 0.4) is 0 Å². The van der Waals surface area contributed by atoms with Crippen LogP contribution >= 0.6 is 0 Å². The topological polar surface area (TPSA) is 78.6 Å². The smallest absolute Gasteiger partial charge is 0.360 e. The average molecular weight is 354 g/mol. The lowest BCUT2D eigenvalue weighted by Gasteiger charge is -2.09. The van der Waals surface area contributed by atoms with Crippen LogP contribution in [0.25, 0.3) is 16.8 Å². The number of carbonyl (C=O) groups is 1. The van der Waals surface area contributed by atoms with Crippen LogP contribution in [0.4, 0.5) is 0 Å². The van der Waals surface area contributed by atoms with Crippen LogP contribution in [0.2, 0.25) is 0 Å². The minimum absolute atomic E-state index is 0.227. The normalized spacial score (nSPS) is 10.9. The molecule has 2 heterocycles. The van der Waals surface area contributed by atoms with Gasteiger partial charge in [-0.05, 0) is 38.0 Å². The Hall–Kier alpha value is -2.96. The molecule has 0 saturated carbocycles. The summed E-state index contributed by atoms with van der Waals surface area (Å²) in [4.78, 5) is 12.2. The van der Waals surface area contributed by atoms with Crippen molar-refractivity contribution in [3.8, 4) is 16.9 Å². The Morgan fingerprint density at radius 2 is 1.88 bits per heavy atom. The molecule has 0 atom stereocenters. The second kappa shape index (κ2) is 7.51. The molecule has 0 spiro atoms. The first-order chi connectivity index (χ1) is 12.6. The highest BCUT2D eigenvalue weighted by atomic mass is 16.5. The van der Waals surface area contributed by atoms with Gasteiger partial charge in [0.15, 0.2) is 11.3 Å². The quantitative estimate of drug-likeness (QED) is 0.632. The largest absolute Gasteiger partial charge is 0.497 e. The summed E-state index contributed by atoms with van der Waals surface area (Å²) in [6.07, 6.45) is 1.51. The van der Waals surface area contributed by atoms with E-state index in [4.69, 9.17) is 9.47 Å². The van der Waals surface area contributed by atoms with Crippen molar-refractivity contribution in [1.29, 1.82) is 0 Å². The van der Waals surface area contributed by atoms with Gasteiger partial charge in [0.1, 0.15) is 5.75 Å². The van der Waals surface area contributed by atoms with Gasteiger partial charge in [0.25, 0.3) is 0 Å². The number of hydrogen-bond acceptors (Lipinski definition) is 6. The second-order valence-electron chi connectivity index (χ2n) is 5.89. The maximum atomic E-state index is 12.2. The molecule has 0 aliphatic heterocycles. The van der Waals surface area contributed by atoms with E-state index in [1.165, 1.54) is 0 Å². The lowest BCUT2D eigenvalue weighted by Crippen LogP contribution is -2.16. The van der Waals surface area contributed by atoms with E-state index < -0.39 is 5.97 Å². The first kappa shape index (κ1) is 17.8. The van der Waals surface area contributed by atoms with Gasteiger partial charge in [0.2, 0.25) is 0 Å². The molecular formula is C19H22N4O3. The van der Waals surface area contributed by atoms with Gasteiger partial charge in [0.05, 0.1) is 30.7 Å². The number of aryl methyl sites for hydroxylation is 2. The number of rotatable bonds is 6. The zero-order valence-electron chi connectivity index (χ0n) is 15.4. The summed E-state index contributed by atoms with van der Waals surface area (Å²) in [7, 11) is 1.63. The van der Waals surface area contributed by atoms with E-state index in [2.05, 4.69) is 15.3 Å². The molecule has 0 amide bonds. The van der Waals surface area contributed by atoms with Gasteiger partial charge in [-0.1, -0.05) is 25.5 Å². The Kier molecular flexibility index (Phi) is 5.16. The number of ether oxygens (including phenoxy) is 2. The van der Waals surface area contributed by atoms with Gasteiger partial charge in [-0.15, -0.1) is 10.2 Å². The molecule has 0 bridgehead atoms. The standard InChI is InChI=1S/C19H22N4O3/c1-5-7-15-17(19(24)26-6-2)20-21-18-16(12(3)22-23(15)18)13-8-10-14(25-4)11-9-13/h8-11H,5-7H2,1-4H3. The Morgan fingerprint density at radius 3 is 2.50 bits per heavy atom. The van der Waals surface area contributed by atoms with Gasteiger partial charge in [0, 0.05) is 0 Å². The molecule has 0 fully saturated rings. The summed E-state index contributed by atoms with van der Waals surface area (Å²) < 4.78 is 12.1. The minimum atomic E-state index is -0.468. The van der Waals surface area contributed by atoms with Crippen LogP contribution < -0.4 is 4.74 Å². The highest BCUT2D eigenvalue weighted by Crippen LogP contribution is 2.29. The molecule has 26 heavy (non-hydrogen) atoms. The summed E-state index contributed by atoms with van der Waals surface area (Å²) in [6, 6.07) is 7.71. The molecule has 7 nitrogen and oxygen atoms in total. The predicted octanol–water partition coefficient (Wildman–Crippen LogP) is 3.24. The van der Waals surface area contributed by atoms with Crippen LogP contribution in [0.15, 0.2) is 24.3 Å². The molecule has 3 rings (SSSR count). The van der Waals surface area contributed by atoms with E-state index in [1.807, 2.05) is 38.1 Å². The third-order valence-corrected chi connectivity index (χ3v) is 4.14. The van der Waals surface area contributed by atoms with Gasteiger partial charge in [-0.2, -0.15) is 5.10 Å². The molecular weight excluding hydrogens is 332 g/mol. The van der Waals surface area contributed by atoms with Crippen LogP contribution in [0.5, 0.6) is 5.75 Å². The number of nitrogens with zero attached hydrogens (tertiary/aromatic N) is 4. The SMILES string of the molecule is CCCc1c(C(=O)OCC)nnc2c(-c3ccc(OC)cc3)c(C)nn12. The van der Waals surface area contributed by atoms with Gasteiger partial charge in [-0.3, -0.25) is 0 Å². The third-order valence-electron chi connectivity index (χ3n) is 4.14. The average Bonchev–Trinajstić information content (AvgIpc) is 2.99. The van der Waals surface area contributed by atoms with E-state index in [0.29, 0.717) is 18.7 Å². The minimum Gasteiger partial charge on any atom is -0.497 e. The summed E-state index contributed by atoms with van der Waals surface area (Å²) in [5, 5.41) is 13.1. The van der Waals surface area contributed by atoms with Crippen LogP contribution in [-0.4, -0.2) is 39.5 Å². The molecule has 1 aromatic carbocycles. The number of methoxy groups -OCH3 is 1. The van der Waals surface area contributed by atoms with Crippen molar-refractivity contribution in [3.63, 3.8) is 0 Å². The van der Waals surface area contributed by atoms with Gasteiger partial charge < -0.3 is 9.47 Å². The molecule has 2 aromatic heterocycles. The lowest BCUT2D eigenvalue weighted by molar-refractivity contribution is 0.0515. The summed E-state index contributed by atoms with van der Waals surface area (Å²) in [5.41, 5.74) is 4.27. The molecule has 0 unspecified atom stereocenters. The summed E-state index contributed by atoms with van der Waals surface area (Å²) in [6.45, 7) is 6.03. The molecule has 0 saturated heterocycles. The zero-order valence-corrected chi connectivity index (χ0v) is 15.4. The number of fused-ring (bicyclic) bond motifs is 1. The van der Waals surface area contributed by atoms with Crippen molar-refractivity contribution < 1.29 is 14.3 Å². The fourth-order valence-corrected chi connectivity index (χ4v) is 2.97. The van der Waals surface area contributed by atoms with E-state index in [9.17, 15) is 4.79 Å². The molecule has 0 aliphatic rings. The van der Waals surface area contributed by atoms with Crippen molar-refractivity contribution in [2.24, 2.45) is 0 Å². The van der Waals surface area contributed by atoms with Crippen molar-refractivity contribution >= 4 is 11.6 Å². The van der Waals surface area contributed by atoms with Crippen molar-refractivity contribution in [3.05, 3.63) is 41.3 Å². The number of hydrogen-bond donors (Lipinski definition) is 0. The van der Waals surface area contributed by atoms with Gasteiger partial charge in [-0.25, -0.2) is 9.31 Å². The summed E-state index contributed by atoms with van der Waals surface area (Å²) >= 11 is 0. The molecule has 0 aliphatic carbocycles. The second-order valence-corrected chi connectivity index (χ2v) is 5.89. The fraction of sp³-hybridized carbons (Fsp3) is 0.368. The predicted molar refractivity (Wildman–Crippen MR) is 97.5 cm³/mol. The number of esters is 1. The number of aromatic nitrogens is 4. The molecule has 0 N–H and O–H groups in total. The Bertz CT molecular complexity index is 932.